The van der Waals surface area contributed by atoms with E-state index >= 15 is 0 Å². The summed E-state index contributed by atoms with van der Waals surface area (Å²) in [5.41, 5.74) is 2.43. The summed E-state index contributed by atoms with van der Waals surface area (Å²) in [5, 5.41) is 0. The van der Waals surface area contributed by atoms with Crippen LogP contribution in [0, 0.1) is 0 Å². The number of rotatable bonds is 1. The molecule has 0 aliphatic heterocycles. The van der Waals surface area contributed by atoms with Crippen molar-refractivity contribution in [2.45, 2.75) is 13.8 Å². The molecular weight excluding hydrogens is 128 g/mol. The lowest BCUT2D eigenvalue weighted by molar-refractivity contribution is -0.106. The molecule has 0 heterocycles. The van der Waals surface area contributed by atoms with Gasteiger partial charge in [-0.3, -0.25) is 11.3 Å². The lowest BCUT2D eigenvalue weighted by Gasteiger charge is -1.77. The lowest BCUT2D eigenvalue weighted by atomic mass is 10.8. The van der Waals surface area contributed by atoms with Crippen LogP contribution in [0.1, 0.15) is 13.8 Å². The number of hydrazine groups is 1. The van der Waals surface area contributed by atoms with Crippen molar-refractivity contribution < 1.29 is 4.79 Å². The van der Waals surface area contributed by atoms with Gasteiger partial charge in [-0.25, -0.2) is 0 Å². The Balaban J connectivity index is -0.0000000575. The molecule has 0 bridgehead atoms. The number of aldehydes is 1. The van der Waals surface area contributed by atoms with Gasteiger partial charge in [0, 0.05) is 6.54 Å². The van der Waals surface area contributed by atoms with Gasteiger partial charge in [-0.1, -0.05) is 6.92 Å². The molecule has 0 aromatic rings. The lowest BCUT2D eigenvalue weighted by Crippen LogP contribution is -2.20. The van der Waals surface area contributed by atoms with Crippen molar-refractivity contribution in [3.8, 4) is 0 Å². The molecule has 0 radical (unpaired) electrons. The van der Waals surface area contributed by atoms with E-state index in [1.54, 1.807) is 0 Å². The molecule has 0 unspecified atom stereocenters. The van der Waals surface area contributed by atoms with Crippen molar-refractivity contribution in [3.63, 3.8) is 0 Å². The van der Waals surface area contributed by atoms with E-state index in [9.17, 15) is 0 Å². The maximum Gasteiger partial charge on any atom is 0.116 e. The van der Waals surface area contributed by atoms with Gasteiger partial charge < -0.3 is 4.79 Å². The summed E-state index contributed by atoms with van der Waals surface area (Å²) in [7, 11) is 0. The number of halogens is 1. The van der Waals surface area contributed by atoms with E-state index in [-0.39, 0.29) is 12.4 Å². The minimum absolute atomic E-state index is 0. The van der Waals surface area contributed by atoms with Gasteiger partial charge in [-0.2, -0.15) is 0 Å². The Morgan fingerprint density at radius 2 is 1.88 bits per heavy atom. The SMILES string of the molecule is CC=O.CCNN.Cl. The molecule has 0 atom stereocenters. The Bertz CT molecular complexity index is 33.2. The van der Waals surface area contributed by atoms with Gasteiger partial charge in [-0.05, 0) is 6.92 Å². The molecule has 0 fully saturated rings. The third kappa shape index (κ3) is 181. The summed E-state index contributed by atoms with van der Waals surface area (Å²) < 4.78 is 0. The van der Waals surface area contributed by atoms with E-state index in [0.29, 0.717) is 0 Å². The number of carbonyl (C=O) groups is 1. The zero-order valence-corrected chi connectivity index (χ0v) is 5.99. The molecule has 4 heteroatoms. The summed E-state index contributed by atoms with van der Waals surface area (Å²) in [6, 6.07) is 0. The third-order valence-corrected chi connectivity index (χ3v) is 0.204. The van der Waals surface area contributed by atoms with Crippen LogP contribution in [0.3, 0.4) is 0 Å². The Kier molecular flexibility index (Phi) is 56.1. The highest BCUT2D eigenvalue weighted by atomic mass is 35.5. The maximum atomic E-state index is 8.81. The zero-order valence-electron chi connectivity index (χ0n) is 5.18. The fourth-order valence-electron chi connectivity index (χ4n) is 0. The van der Waals surface area contributed by atoms with Crippen molar-refractivity contribution in [1.29, 1.82) is 0 Å². The topological polar surface area (TPSA) is 55.1 Å². The molecule has 0 aromatic carbocycles. The van der Waals surface area contributed by atoms with Gasteiger partial charge in [0.05, 0.1) is 0 Å². The quantitative estimate of drug-likeness (QED) is 0.309. The van der Waals surface area contributed by atoms with Gasteiger partial charge in [-0.15, -0.1) is 12.4 Å². The maximum absolute atomic E-state index is 8.81. The average Bonchev–Trinajstić information content (AvgIpc) is 1.69. The average molecular weight is 141 g/mol. The second-order valence-electron chi connectivity index (χ2n) is 0.793. The van der Waals surface area contributed by atoms with Crippen LogP contribution in [0.2, 0.25) is 0 Å². The smallest absolute Gasteiger partial charge is 0.116 e. The van der Waals surface area contributed by atoms with Crippen molar-refractivity contribution in [2.75, 3.05) is 6.54 Å². The molecule has 3 N–H and O–H groups in total. The van der Waals surface area contributed by atoms with Crippen molar-refractivity contribution in [1.82, 2.24) is 5.43 Å². The van der Waals surface area contributed by atoms with Gasteiger partial charge in [0.1, 0.15) is 6.29 Å². The molecule has 52 valence electrons. The molecule has 0 saturated carbocycles. The van der Waals surface area contributed by atoms with Crippen molar-refractivity contribution >= 4 is 18.7 Å². The minimum atomic E-state index is 0. The monoisotopic (exact) mass is 140 g/mol. The first-order valence-electron chi connectivity index (χ1n) is 2.16. The molecule has 0 rings (SSSR count). The van der Waals surface area contributed by atoms with E-state index in [1.807, 2.05) is 6.92 Å². The molecule has 0 aliphatic carbocycles. The predicted molar refractivity (Wildman–Crippen MR) is 36.9 cm³/mol. The highest BCUT2D eigenvalue weighted by molar-refractivity contribution is 5.85. The normalized spacial score (nSPS) is 5.38. The fraction of sp³-hybridized carbons (Fsp3) is 0.750. The van der Waals surface area contributed by atoms with E-state index < -0.39 is 0 Å². The first kappa shape index (κ1) is 15.7. The molecule has 0 aromatic heterocycles. The largest absolute Gasteiger partial charge is 0.304 e. The summed E-state index contributed by atoms with van der Waals surface area (Å²) in [5.74, 6) is 4.78. The highest BCUT2D eigenvalue weighted by Crippen LogP contribution is 1.30. The molecule has 8 heavy (non-hydrogen) atoms. The van der Waals surface area contributed by atoms with Crippen LogP contribution in [0.25, 0.3) is 0 Å². The Morgan fingerprint density at radius 1 is 1.75 bits per heavy atom. The van der Waals surface area contributed by atoms with Crippen LogP contribution in [0.15, 0.2) is 0 Å². The fourth-order valence-corrected chi connectivity index (χ4v) is 0. The molecule has 0 aliphatic rings. The van der Waals surface area contributed by atoms with Crippen LogP contribution in [-0.4, -0.2) is 12.8 Å². The third-order valence-electron chi connectivity index (χ3n) is 0.204. The second-order valence-corrected chi connectivity index (χ2v) is 0.793. The van der Waals surface area contributed by atoms with Gasteiger partial charge >= 0.3 is 0 Å². The van der Waals surface area contributed by atoms with E-state index in [1.165, 1.54) is 6.92 Å². The predicted octanol–water partition coefficient (Wildman–Crippen LogP) is 0.0966. The number of nitrogens with two attached hydrogens (primary N) is 1. The molecular formula is C4H13ClN2O. The molecule has 3 nitrogen and oxygen atoms in total. The first-order valence-corrected chi connectivity index (χ1v) is 2.16. The standard InChI is InChI=1S/C2H8N2.C2H4O.ClH/c1-2-4-3;1-2-3;/h4H,2-3H2,1H3;2H,1H3;1H. The van der Waals surface area contributed by atoms with E-state index in [2.05, 4.69) is 5.43 Å². The van der Waals surface area contributed by atoms with Crippen molar-refractivity contribution in [3.05, 3.63) is 0 Å². The minimum Gasteiger partial charge on any atom is -0.304 e. The Morgan fingerprint density at radius 3 is 1.88 bits per heavy atom. The van der Waals surface area contributed by atoms with Crippen molar-refractivity contribution in [2.24, 2.45) is 5.84 Å². The Hall–Kier alpha value is -0.120. The number of hydrogen-bond acceptors (Lipinski definition) is 3. The number of hydrogen-bond donors (Lipinski definition) is 2. The summed E-state index contributed by atoms with van der Waals surface area (Å²) >= 11 is 0. The zero-order chi connectivity index (χ0) is 6.12. The van der Waals surface area contributed by atoms with Gasteiger partial charge in [0.25, 0.3) is 0 Å². The summed E-state index contributed by atoms with van der Waals surface area (Å²) in [6.45, 7) is 4.24. The van der Waals surface area contributed by atoms with Gasteiger partial charge in [0.2, 0.25) is 0 Å². The van der Waals surface area contributed by atoms with E-state index in [4.69, 9.17) is 10.6 Å². The van der Waals surface area contributed by atoms with Gasteiger partial charge in [0.15, 0.2) is 0 Å². The molecule has 0 spiro atoms. The highest BCUT2D eigenvalue weighted by Gasteiger charge is 1.50. The van der Waals surface area contributed by atoms with E-state index in [0.717, 1.165) is 12.8 Å². The number of carbonyl (C=O) groups excluding carboxylic acids is 1. The molecule has 0 amide bonds. The second kappa shape index (κ2) is 28.7. The molecule has 0 saturated heterocycles. The summed E-state index contributed by atoms with van der Waals surface area (Å²) in [4.78, 5) is 8.81. The first-order chi connectivity index (χ1) is 3.33. The number of nitrogens with one attached hydrogen (secondary N) is 1. The Labute approximate surface area is 56.0 Å². The van der Waals surface area contributed by atoms with Crippen LogP contribution in [0.4, 0.5) is 0 Å². The van der Waals surface area contributed by atoms with Crippen LogP contribution >= 0.6 is 12.4 Å². The van der Waals surface area contributed by atoms with Crippen LogP contribution < -0.4 is 11.3 Å². The summed E-state index contributed by atoms with van der Waals surface area (Å²) in [6.07, 6.45) is 0.750. The van der Waals surface area contributed by atoms with Crippen LogP contribution in [0.5, 0.6) is 0 Å². The van der Waals surface area contributed by atoms with Crippen LogP contribution in [-0.2, 0) is 4.79 Å².